The molecule has 0 aliphatic heterocycles. The van der Waals surface area contributed by atoms with Gasteiger partial charge in [-0.05, 0) is 64.6 Å². The Kier molecular flexibility index (Phi) is 7.50. The van der Waals surface area contributed by atoms with E-state index in [0.29, 0.717) is 14.7 Å². The molecule has 9 heteroatoms. The molecule has 1 aromatic rings. The predicted octanol–water partition coefficient (Wildman–Crippen LogP) is 3.44. The van der Waals surface area contributed by atoms with E-state index in [9.17, 15) is 13.2 Å². The number of methoxy groups -OCH3 is 1. The van der Waals surface area contributed by atoms with Gasteiger partial charge in [0.15, 0.2) is 0 Å². The summed E-state index contributed by atoms with van der Waals surface area (Å²) in [6.07, 6.45) is 0. The van der Waals surface area contributed by atoms with Crippen LogP contribution in [0.5, 0.6) is 5.75 Å². The fourth-order valence-electron chi connectivity index (χ4n) is 2.04. The summed E-state index contributed by atoms with van der Waals surface area (Å²) in [4.78, 5) is 12.5. The van der Waals surface area contributed by atoms with Crippen molar-refractivity contribution in [2.75, 3.05) is 7.11 Å². The van der Waals surface area contributed by atoms with E-state index in [1.54, 1.807) is 19.9 Å². The Hall–Kier alpha value is -0.640. The van der Waals surface area contributed by atoms with E-state index < -0.39 is 21.6 Å². The number of rotatable bonds is 6. The number of hydrogen-bond acceptors (Lipinski definition) is 4. The van der Waals surface area contributed by atoms with Crippen LogP contribution in [0.1, 0.15) is 34.6 Å². The van der Waals surface area contributed by atoms with Crippen LogP contribution in [0.2, 0.25) is 0 Å². The molecule has 0 fully saturated rings. The van der Waals surface area contributed by atoms with Gasteiger partial charge in [0.1, 0.15) is 11.8 Å². The molecule has 6 nitrogen and oxygen atoms in total. The number of amides is 1. The van der Waals surface area contributed by atoms with Crippen LogP contribution in [0.3, 0.4) is 0 Å². The maximum Gasteiger partial charge on any atom is 0.242 e. The SMILES string of the molecule is COc1cc(S(=O)(=O)N[C@@H](C(=O)NC(C)(C)C)C(C)C)c(Br)cc1Br. The van der Waals surface area contributed by atoms with E-state index in [-0.39, 0.29) is 16.7 Å². The summed E-state index contributed by atoms with van der Waals surface area (Å²) < 4.78 is 34.3. The Balaban J connectivity index is 3.23. The normalized spacial score (nSPS) is 13.6. The number of halogens is 2. The average Bonchev–Trinajstić information content (AvgIpc) is 2.42. The molecule has 1 amide bonds. The second-order valence-corrected chi connectivity index (χ2v) is 10.4. The van der Waals surface area contributed by atoms with Gasteiger partial charge in [-0.2, -0.15) is 4.72 Å². The van der Waals surface area contributed by atoms with Crippen LogP contribution in [0.15, 0.2) is 26.0 Å². The number of benzene rings is 1. The highest BCUT2D eigenvalue weighted by Crippen LogP contribution is 2.34. The van der Waals surface area contributed by atoms with Crippen LogP contribution in [0.25, 0.3) is 0 Å². The number of hydrogen-bond donors (Lipinski definition) is 2. The van der Waals surface area contributed by atoms with Gasteiger partial charge in [0, 0.05) is 16.1 Å². The lowest BCUT2D eigenvalue weighted by molar-refractivity contribution is -0.125. The zero-order valence-electron chi connectivity index (χ0n) is 15.1. The lowest BCUT2D eigenvalue weighted by Crippen LogP contribution is -2.54. The molecule has 0 radical (unpaired) electrons. The number of ether oxygens (including phenoxy) is 1. The molecular formula is C16H24Br2N2O4S. The minimum atomic E-state index is -3.94. The van der Waals surface area contributed by atoms with E-state index in [1.807, 2.05) is 20.8 Å². The third kappa shape index (κ3) is 6.23. The molecule has 0 heterocycles. The molecule has 0 spiro atoms. The number of carbonyl (C=O) groups excluding carboxylic acids is 1. The summed E-state index contributed by atoms with van der Waals surface area (Å²) in [7, 11) is -2.49. The molecule has 0 aliphatic rings. The Morgan fingerprint density at radius 1 is 1.16 bits per heavy atom. The molecule has 0 unspecified atom stereocenters. The van der Waals surface area contributed by atoms with Crippen LogP contribution in [0, 0.1) is 5.92 Å². The fourth-order valence-corrected chi connectivity index (χ4v) is 5.26. The monoisotopic (exact) mass is 498 g/mol. The average molecular weight is 500 g/mol. The molecule has 0 bridgehead atoms. The van der Waals surface area contributed by atoms with Crippen molar-refractivity contribution in [3.05, 3.63) is 21.1 Å². The van der Waals surface area contributed by atoms with E-state index in [2.05, 4.69) is 41.9 Å². The lowest BCUT2D eigenvalue weighted by Gasteiger charge is -2.27. The summed E-state index contributed by atoms with van der Waals surface area (Å²) in [6.45, 7) is 9.09. The molecule has 1 aromatic carbocycles. The van der Waals surface area contributed by atoms with Crippen molar-refractivity contribution in [2.45, 2.75) is 51.1 Å². The van der Waals surface area contributed by atoms with Crippen LogP contribution in [-0.4, -0.2) is 33.0 Å². The van der Waals surface area contributed by atoms with Crippen molar-refractivity contribution < 1.29 is 17.9 Å². The lowest BCUT2D eigenvalue weighted by atomic mass is 10.0. The van der Waals surface area contributed by atoms with E-state index in [1.165, 1.54) is 13.2 Å². The minimum absolute atomic E-state index is 0.00163. The highest BCUT2D eigenvalue weighted by Gasteiger charge is 2.31. The smallest absolute Gasteiger partial charge is 0.242 e. The maximum atomic E-state index is 12.8. The maximum absolute atomic E-state index is 12.8. The van der Waals surface area contributed by atoms with Crippen molar-refractivity contribution in [1.29, 1.82) is 0 Å². The molecule has 1 rings (SSSR count). The largest absolute Gasteiger partial charge is 0.496 e. The first kappa shape index (κ1) is 22.4. The van der Waals surface area contributed by atoms with Crippen LogP contribution < -0.4 is 14.8 Å². The molecule has 142 valence electrons. The van der Waals surface area contributed by atoms with Crippen molar-refractivity contribution in [3.8, 4) is 5.75 Å². The van der Waals surface area contributed by atoms with Gasteiger partial charge in [-0.3, -0.25) is 4.79 Å². The Labute approximate surface area is 166 Å². The van der Waals surface area contributed by atoms with Crippen LogP contribution in [0.4, 0.5) is 0 Å². The molecule has 0 saturated heterocycles. The molecule has 0 aromatic heterocycles. The van der Waals surface area contributed by atoms with Gasteiger partial charge < -0.3 is 10.1 Å². The zero-order valence-corrected chi connectivity index (χ0v) is 19.1. The second-order valence-electron chi connectivity index (χ2n) is 7.00. The van der Waals surface area contributed by atoms with Crippen molar-refractivity contribution >= 4 is 47.8 Å². The summed E-state index contributed by atoms with van der Waals surface area (Å²) >= 11 is 6.56. The number of sulfonamides is 1. The van der Waals surface area contributed by atoms with Gasteiger partial charge in [-0.25, -0.2) is 8.42 Å². The molecule has 1 atom stereocenters. The first-order valence-electron chi connectivity index (χ1n) is 7.66. The van der Waals surface area contributed by atoms with Crippen LogP contribution in [-0.2, 0) is 14.8 Å². The molecule has 2 N–H and O–H groups in total. The van der Waals surface area contributed by atoms with Gasteiger partial charge in [-0.15, -0.1) is 0 Å². The summed E-state index contributed by atoms with van der Waals surface area (Å²) in [5, 5.41) is 2.81. The van der Waals surface area contributed by atoms with Gasteiger partial charge in [0.05, 0.1) is 16.5 Å². The third-order valence-corrected chi connectivity index (χ3v) is 6.24. The predicted molar refractivity (Wildman–Crippen MR) is 105 cm³/mol. The highest BCUT2D eigenvalue weighted by atomic mass is 79.9. The van der Waals surface area contributed by atoms with Crippen molar-refractivity contribution in [1.82, 2.24) is 10.0 Å². The topological polar surface area (TPSA) is 84.5 Å². The van der Waals surface area contributed by atoms with E-state index in [4.69, 9.17) is 4.74 Å². The summed E-state index contributed by atoms with van der Waals surface area (Å²) in [5.74, 6) is -0.219. The first-order valence-corrected chi connectivity index (χ1v) is 10.7. The van der Waals surface area contributed by atoms with Gasteiger partial charge >= 0.3 is 0 Å². The van der Waals surface area contributed by atoms with Gasteiger partial charge in [0.2, 0.25) is 15.9 Å². The van der Waals surface area contributed by atoms with Gasteiger partial charge in [0.25, 0.3) is 0 Å². The molecule has 0 saturated carbocycles. The Morgan fingerprint density at radius 3 is 2.16 bits per heavy atom. The standard InChI is InChI=1S/C16H24Br2N2O4S/c1-9(2)14(15(21)19-16(3,4)5)20-25(22,23)13-8-12(24-6)10(17)7-11(13)18/h7-9,14,20H,1-6H3,(H,19,21)/t14-/m1/s1. The van der Waals surface area contributed by atoms with Gasteiger partial charge in [-0.1, -0.05) is 13.8 Å². The Morgan fingerprint density at radius 2 is 1.72 bits per heavy atom. The highest BCUT2D eigenvalue weighted by molar-refractivity contribution is 9.11. The number of nitrogens with one attached hydrogen (secondary N) is 2. The van der Waals surface area contributed by atoms with Crippen molar-refractivity contribution in [3.63, 3.8) is 0 Å². The van der Waals surface area contributed by atoms with Crippen molar-refractivity contribution in [2.24, 2.45) is 5.92 Å². The second kappa shape index (κ2) is 8.37. The van der Waals surface area contributed by atoms with E-state index >= 15 is 0 Å². The molecule has 0 aliphatic carbocycles. The molecule has 25 heavy (non-hydrogen) atoms. The van der Waals surface area contributed by atoms with Crippen LogP contribution >= 0.6 is 31.9 Å². The zero-order chi connectivity index (χ0) is 19.6. The summed E-state index contributed by atoms with van der Waals surface area (Å²) in [6, 6.07) is 2.09. The first-order chi connectivity index (χ1) is 11.3. The Bertz CT molecular complexity index is 743. The number of carbonyl (C=O) groups is 1. The third-order valence-electron chi connectivity index (χ3n) is 3.23. The summed E-state index contributed by atoms with van der Waals surface area (Å²) in [5.41, 5.74) is -0.461. The quantitative estimate of drug-likeness (QED) is 0.627. The minimum Gasteiger partial charge on any atom is -0.496 e. The van der Waals surface area contributed by atoms with E-state index in [0.717, 1.165) is 0 Å². The molecular weight excluding hydrogens is 476 g/mol. The fraction of sp³-hybridized carbons (Fsp3) is 0.562.